The molecule has 0 spiro atoms. The van der Waals surface area contributed by atoms with Gasteiger partial charge in [0.1, 0.15) is 17.6 Å². The van der Waals surface area contributed by atoms with Gasteiger partial charge in [0, 0.05) is 31.0 Å². The van der Waals surface area contributed by atoms with Crippen molar-refractivity contribution in [3.63, 3.8) is 0 Å². The Morgan fingerprint density at radius 3 is 2.47 bits per heavy atom. The zero-order valence-corrected chi connectivity index (χ0v) is 19.5. The van der Waals surface area contributed by atoms with Crippen molar-refractivity contribution in [1.29, 1.82) is 0 Å². The monoisotopic (exact) mass is 542 g/mol. The van der Waals surface area contributed by atoms with Crippen molar-refractivity contribution in [2.75, 3.05) is 6.61 Å². The van der Waals surface area contributed by atoms with E-state index in [1.54, 1.807) is 6.07 Å². The fourth-order valence-electron chi connectivity index (χ4n) is 4.38. The summed E-state index contributed by atoms with van der Waals surface area (Å²) >= 11 is 0. The number of hydrogen-bond acceptors (Lipinski definition) is 5. The number of nitrogens with one attached hydrogen (secondary N) is 1. The van der Waals surface area contributed by atoms with Gasteiger partial charge in [0.2, 0.25) is 17.6 Å². The molecule has 0 aliphatic carbocycles. The van der Waals surface area contributed by atoms with E-state index in [-0.39, 0.29) is 25.8 Å². The molecule has 0 saturated carbocycles. The third-order valence-electron chi connectivity index (χ3n) is 6.25. The molecule has 1 N–H and O–H groups in total. The number of ketones is 1. The van der Waals surface area contributed by atoms with Crippen LogP contribution in [-0.2, 0) is 33.3 Å². The maximum absolute atomic E-state index is 14.9. The molecular weight excluding hydrogens is 522 g/mol. The van der Waals surface area contributed by atoms with Crippen LogP contribution >= 0.6 is 0 Å². The number of rotatable bonds is 8. The average molecular weight is 542 g/mol. The van der Waals surface area contributed by atoms with Gasteiger partial charge in [-0.25, -0.2) is 4.39 Å². The summed E-state index contributed by atoms with van der Waals surface area (Å²) in [7, 11) is 0. The first-order chi connectivity index (χ1) is 17.8. The van der Waals surface area contributed by atoms with E-state index in [4.69, 9.17) is 0 Å². The van der Waals surface area contributed by atoms with Crippen LogP contribution in [0.3, 0.4) is 0 Å². The van der Waals surface area contributed by atoms with Gasteiger partial charge in [0.25, 0.3) is 5.91 Å². The van der Waals surface area contributed by atoms with Crippen molar-refractivity contribution in [1.82, 2.24) is 10.2 Å². The first-order valence-corrected chi connectivity index (χ1v) is 11.4. The molecule has 2 aliphatic heterocycles. The molecule has 2 aromatic rings. The van der Waals surface area contributed by atoms with Crippen molar-refractivity contribution in [3.05, 3.63) is 64.5 Å². The van der Waals surface area contributed by atoms with Crippen LogP contribution < -0.4 is 10.1 Å². The Morgan fingerprint density at radius 2 is 1.79 bits per heavy atom. The van der Waals surface area contributed by atoms with Crippen molar-refractivity contribution >= 4 is 23.5 Å². The SMILES string of the molecule is O=C1CCC(N2Cc3cc(CCC(=O)C(F)(F)c4ccc(F)cc4OCC(F)(F)F)ccc3C2=O)C(=O)N1. The molecule has 2 aromatic carbocycles. The number of aryl methyl sites for hydroxylation is 1. The van der Waals surface area contributed by atoms with Gasteiger partial charge in [0.15, 0.2) is 6.61 Å². The summed E-state index contributed by atoms with van der Waals surface area (Å²) in [5.41, 5.74) is 0.0525. The minimum Gasteiger partial charge on any atom is -0.483 e. The minimum absolute atomic E-state index is 0.0495. The van der Waals surface area contributed by atoms with Crippen molar-refractivity contribution in [2.24, 2.45) is 0 Å². The van der Waals surface area contributed by atoms with E-state index in [1.165, 1.54) is 17.0 Å². The van der Waals surface area contributed by atoms with E-state index >= 15 is 0 Å². The molecule has 0 bridgehead atoms. The number of hydrogen-bond donors (Lipinski definition) is 1. The van der Waals surface area contributed by atoms with Gasteiger partial charge in [-0.3, -0.25) is 24.5 Å². The number of amides is 3. The van der Waals surface area contributed by atoms with E-state index < -0.39 is 71.8 Å². The molecule has 13 heteroatoms. The van der Waals surface area contributed by atoms with Crippen LogP contribution in [0.4, 0.5) is 26.3 Å². The van der Waals surface area contributed by atoms with Gasteiger partial charge in [-0.05, 0) is 42.2 Å². The zero-order chi connectivity index (χ0) is 27.8. The molecule has 0 aromatic heterocycles. The molecule has 1 atom stereocenters. The summed E-state index contributed by atoms with van der Waals surface area (Å²) in [5, 5.41) is 2.18. The minimum atomic E-state index is -4.87. The molecule has 2 heterocycles. The molecule has 0 radical (unpaired) electrons. The molecule has 38 heavy (non-hydrogen) atoms. The third kappa shape index (κ3) is 5.65. The maximum atomic E-state index is 14.9. The highest BCUT2D eigenvalue weighted by Gasteiger charge is 2.43. The second-order valence-electron chi connectivity index (χ2n) is 8.93. The Hall–Kier alpha value is -3.90. The second kappa shape index (κ2) is 10.1. The number of alkyl halides is 5. The van der Waals surface area contributed by atoms with Crippen LogP contribution in [0.5, 0.6) is 5.75 Å². The highest BCUT2D eigenvalue weighted by atomic mass is 19.4. The molecule has 202 valence electrons. The van der Waals surface area contributed by atoms with Crippen molar-refractivity contribution in [2.45, 2.75) is 50.4 Å². The quantitative estimate of drug-likeness (QED) is 0.405. The smallest absolute Gasteiger partial charge is 0.422 e. The van der Waals surface area contributed by atoms with Gasteiger partial charge >= 0.3 is 12.1 Å². The van der Waals surface area contributed by atoms with Crippen molar-refractivity contribution < 1.29 is 50.3 Å². The van der Waals surface area contributed by atoms with Crippen molar-refractivity contribution in [3.8, 4) is 5.75 Å². The van der Waals surface area contributed by atoms with Crippen LogP contribution in [0.2, 0.25) is 0 Å². The number of halogens is 6. The Morgan fingerprint density at radius 1 is 1.05 bits per heavy atom. The van der Waals surface area contributed by atoms with E-state index in [9.17, 15) is 45.5 Å². The molecule has 1 unspecified atom stereocenters. The molecule has 7 nitrogen and oxygen atoms in total. The highest BCUT2D eigenvalue weighted by molar-refractivity contribution is 6.05. The maximum Gasteiger partial charge on any atom is 0.422 e. The number of Topliss-reactive ketones (excluding diaryl/α,β-unsaturated/α-hetero) is 1. The summed E-state index contributed by atoms with van der Waals surface area (Å²) in [6, 6.07) is 5.07. The van der Waals surface area contributed by atoms with E-state index in [0.29, 0.717) is 34.9 Å². The summed E-state index contributed by atoms with van der Waals surface area (Å²) < 4.78 is 85.1. The lowest BCUT2D eigenvalue weighted by Gasteiger charge is -2.29. The lowest BCUT2D eigenvalue weighted by molar-refractivity contribution is -0.155. The lowest BCUT2D eigenvalue weighted by Crippen LogP contribution is -2.52. The fourth-order valence-corrected chi connectivity index (χ4v) is 4.38. The number of carbonyl (C=O) groups excluding carboxylic acids is 4. The van der Waals surface area contributed by atoms with Gasteiger partial charge in [-0.2, -0.15) is 22.0 Å². The van der Waals surface area contributed by atoms with Gasteiger partial charge < -0.3 is 9.64 Å². The van der Waals surface area contributed by atoms with Gasteiger partial charge in [0.05, 0.1) is 5.56 Å². The number of benzene rings is 2. The Kier molecular flexibility index (Phi) is 7.22. The fraction of sp³-hybridized carbons (Fsp3) is 0.360. The summed E-state index contributed by atoms with van der Waals surface area (Å²) in [5.74, 6) is -9.54. The Bertz CT molecular complexity index is 1310. The predicted molar refractivity (Wildman–Crippen MR) is 118 cm³/mol. The number of piperidine rings is 1. The second-order valence-corrected chi connectivity index (χ2v) is 8.93. The largest absolute Gasteiger partial charge is 0.483 e. The molecular formula is C25H20F6N2O5. The zero-order valence-electron chi connectivity index (χ0n) is 19.5. The number of carbonyl (C=O) groups is 4. The van der Waals surface area contributed by atoms with E-state index in [1.807, 2.05) is 0 Å². The molecule has 1 fully saturated rings. The first-order valence-electron chi connectivity index (χ1n) is 11.4. The normalized spacial score (nSPS) is 17.9. The average Bonchev–Trinajstić information content (AvgIpc) is 3.16. The topological polar surface area (TPSA) is 92.8 Å². The number of fused-ring (bicyclic) bond motifs is 1. The van der Waals surface area contributed by atoms with Crippen LogP contribution in [0.25, 0.3) is 0 Å². The molecule has 2 aliphatic rings. The summed E-state index contributed by atoms with van der Waals surface area (Å²) in [6.07, 6.45) is -5.53. The van der Waals surface area contributed by atoms with E-state index in [0.717, 1.165) is 0 Å². The van der Waals surface area contributed by atoms with E-state index in [2.05, 4.69) is 10.1 Å². The summed E-state index contributed by atoms with van der Waals surface area (Å²) in [6.45, 7) is -1.90. The lowest BCUT2D eigenvalue weighted by atomic mass is 9.97. The highest BCUT2D eigenvalue weighted by Crippen LogP contribution is 2.38. The first kappa shape index (κ1) is 27.1. The van der Waals surface area contributed by atoms with Gasteiger partial charge in [-0.1, -0.05) is 12.1 Å². The number of nitrogens with zero attached hydrogens (tertiary/aromatic N) is 1. The van der Waals surface area contributed by atoms with Gasteiger partial charge in [-0.15, -0.1) is 0 Å². The summed E-state index contributed by atoms with van der Waals surface area (Å²) in [4.78, 5) is 50.0. The molecule has 3 amide bonds. The van der Waals surface area contributed by atoms with Crippen LogP contribution in [-0.4, -0.2) is 47.2 Å². The van der Waals surface area contributed by atoms with Crippen LogP contribution in [0.1, 0.15) is 46.3 Å². The molecule has 1 saturated heterocycles. The third-order valence-corrected chi connectivity index (χ3v) is 6.25. The van der Waals surface area contributed by atoms with Crippen LogP contribution in [0, 0.1) is 5.82 Å². The number of ether oxygens (including phenoxy) is 1. The standard InChI is InChI=1S/C25H20F6N2O5/c26-15-3-5-17(19(10-15)38-12-24(27,28)29)25(30,31)20(34)7-2-13-1-4-16-14(9-13)11-33(23(16)37)18-6-8-21(35)32-22(18)36/h1,3-5,9-10,18H,2,6-8,11-12H2,(H,32,35,36). The molecule has 4 rings (SSSR count). The Balaban J connectivity index is 1.45. The predicted octanol–water partition coefficient (Wildman–Crippen LogP) is 3.82. The number of imide groups is 1. The Labute approximate surface area is 211 Å². The van der Waals surface area contributed by atoms with Crippen LogP contribution in [0.15, 0.2) is 36.4 Å².